The van der Waals surface area contributed by atoms with Gasteiger partial charge in [-0.1, -0.05) is 6.07 Å². The number of hydrogen-bond acceptors (Lipinski definition) is 4. The van der Waals surface area contributed by atoms with E-state index >= 15 is 0 Å². The van der Waals surface area contributed by atoms with Gasteiger partial charge in [-0.3, -0.25) is 0 Å². The zero-order valence-electron chi connectivity index (χ0n) is 11.8. The first-order chi connectivity index (χ1) is 9.45. The van der Waals surface area contributed by atoms with Crippen molar-refractivity contribution in [1.82, 2.24) is 14.5 Å². The number of sulfonamides is 1. The molecular weight excluding hydrogens is 281 g/mol. The molecule has 0 aromatic heterocycles. The van der Waals surface area contributed by atoms with Crippen LogP contribution in [0.5, 0.6) is 0 Å². The number of benzene rings is 1. The van der Waals surface area contributed by atoms with Crippen molar-refractivity contribution >= 4 is 10.0 Å². The Hall–Kier alpha value is -1.02. The molecule has 1 N–H and O–H groups in total. The van der Waals surface area contributed by atoms with Gasteiger partial charge in [0, 0.05) is 32.7 Å². The summed E-state index contributed by atoms with van der Waals surface area (Å²) < 4.78 is 40.3. The smallest absolute Gasteiger partial charge is 0.246 e. The highest BCUT2D eigenvalue weighted by Gasteiger charge is 2.29. The number of halogens is 1. The minimum Gasteiger partial charge on any atom is -0.316 e. The molecule has 1 saturated heterocycles. The van der Waals surface area contributed by atoms with Gasteiger partial charge in [0.1, 0.15) is 10.7 Å². The standard InChI is InChI=1S/C13H20FN3O2S/c1-15-10-11-3-4-12(14)13(9-11)20(18,19)17-7-5-16(2)6-8-17/h3-4,9,15H,5-8,10H2,1-2H3. The molecule has 112 valence electrons. The minimum atomic E-state index is -3.75. The van der Waals surface area contributed by atoms with Crippen LogP contribution in [0.3, 0.4) is 0 Å². The maximum absolute atomic E-state index is 13.9. The monoisotopic (exact) mass is 301 g/mol. The van der Waals surface area contributed by atoms with E-state index in [-0.39, 0.29) is 4.90 Å². The van der Waals surface area contributed by atoms with Crippen molar-refractivity contribution in [3.05, 3.63) is 29.6 Å². The molecule has 0 bridgehead atoms. The summed E-state index contributed by atoms with van der Waals surface area (Å²) >= 11 is 0. The molecule has 0 atom stereocenters. The quantitative estimate of drug-likeness (QED) is 0.879. The van der Waals surface area contributed by atoms with E-state index < -0.39 is 15.8 Å². The van der Waals surface area contributed by atoms with Crippen LogP contribution in [-0.4, -0.2) is 57.9 Å². The highest BCUT2D eigenvalue weighted by Crippen LogP contribution is 2.21. The van der Waals surface area contributed by atoms with E-state index in [1.165, 1.54) is 16.4 Å². The summed E-state index contributed by atoms with van der Waals surface area (Å²) in [6.45, 7) is 2.63. The topological polar surface area (TPSA) is 52.7 Å². The fourth-order valence-corrected chi connectivity index (χ4v) is 3.76. The van der Waals surface area contributed by atoms with Crippen LogP contribution in [0.2, 0.25) is 0 Å². The Morgan fingerprint density at radius 1 is 1.25 bits per heavy atom. The van der Waals surface area contributed by atoms with Crippen molar-refractivity contribution in [3.63, 3.8) is 0 Å². The van der Waals surface area contributed by atoms with Gasteiger partial charge < -0.3 is 10.2 Å². The summed E-state index contributed by atoms with van der Waals surface area (Å²) in [5.41, 5.74) is 0.751. The Kier molecular flexibility index (Phi) is 4.74. The van der Waals surface area contributed by atoms with Gasteiger partial charge in [-0.05, 0) is 31.8 Å². The van der Waals surface area contributed by atoms with E-state index in [1.807, 2.05) is 7.05 Å². The molecule has 0 radical (unpaired) electrons. The molecule has 1 aromatic rings. The SMILES string of the molecule is CNCc1ccc(F)c(S(=O)(=O)N2CCN(C)CC2)c1. The molecule has 1 fully saturated rings. The summed E-state index contributed by atoms with van der Waals surface area (Å²) in [6.07, 6.45) is 0. The Labute approximate surface area is 119 Å². The van der Waals surface area contributed by atoms with Crippen molar-refractivity contribution < 1.29 is 12.8 Å². The van der Waals surface area contributed by atoms with Crippen LogP contribution in [-0.2, 0) is 16.6 Å². The summed E-state index contributed by atoms with van der Waals surface area (Å²) in [5, 5.41) is 2.93. The van der Waals surface area contributed by atoms with E-state index in [4.69, 9.17) is 0 Å². The molecule has 1 aliphatic heterocycles. The van der Waals surface area contributed by atoms with E-state index in [0.29, 0.717) is 32.7 Å². The molecular formula is C13H20FN3O2S. The zero-order valence-corrected chi connectivity index (χ0v) is 12.6. The maximum Gasteiger partial charge on any atom is 0.246 e. The molecule has 20 heavy (non-hydrogen) atoms. The average molecular weight is 301 g/mol. The minimum absolute atomic E-state index is 0.227. The lowest BCUT2D eigenvalue weighted by atomic mass is 10.2. The predicted molar refractivity (Wildman–Crippen MR) is 75.4 cm³/mol. The first-order valence-electron chi connectivity index (χ1n) is 6.57. The number of nitrogens with one attached hydrogen (secondary N) is 1. The molecule has 0 amide bonds. The molecule has 1 aliphatic rings. The van der Waals surface area contributed by atoms with E-state index in [1.54, 1.807) is 13.1 Å². The Bertz CT molecular complexity index is 569. The zero-order chi connectivity index (χ0) is 14.8. The molecule has 7 heteroatoms. The maximum atomic E-state index is 13.9. The third-order valence-electron chi connectivity index (χ3n) is 3.46. The van der Waals surface area contributed by atoms with Crippen molar-refractivity contribution in [2.24, 2.45) is 0 Å². The van der Waals surface area contributed by atoms with Gasteiger partial charge in [0.25, 0.3) is 0 Å². The van der Waals surface area contributed by atoms with Gasteiger partial charge in [0.2, 0.25) is 10.0 Å². The number of nitrogens with zero attached hydrogens (tertiary/aromatic N) is 2. The Morgan fingerprint density at radius 2 is 1.90 bits per heavy atom. The normalized spacial score (nSPS) is 18.4. The molecule has 0 aliphatic carbocycles. The van der Waals surface area contributed by atoms with Gasteiger partial charge in [0.05, 0.1) is 0 Å². The summed E-state index contributed by atoms with van der Waals surface area (Å²) in [6, 6.07) is 4.23. The fourth-order valence-electron chi connectivity index (χ4n) is 2.23. The lowest BCUT2D eigenvalue weighted by Gasteiger charge is -2.31. The molecule has 0 spiro atoms. The van der Waals surface area contributed by atoms with Gasteiger partial charge in [-0.25, -0.2) is 12.8 Å². The first-order valence-corrected chi connectivity index (χ1v) is 8.01. The third-order valence-corrected chi connectivity index (χ3v) is 5.37. The number of likely N-dealkylation sites (N-methyl/N-ethyl adjacent to an activating group) is 1. The molecule has 1 heterocycles. The highest BCUT2D eigenvalue weighted by molar-refractivity contribution is 7.89. The van der Waals surface area contributed by atoms with Crippen LogP contribution < -0.4 is 5.32 Å². The molecule has 2 rings (SSSR count). The molecule has 5 nitrogen and oxygen atoms in total. The average Bonchev–Trinajstić information content (AvgIpc) is 2.41. The van der Waals surface area contributed by atoms with Crippen LogP contribution in [0.4, 0.5) is 4.39 Å². The lowest BCUT2D eigenvalue weighted by molar-refractivity contribution is 0.222. The Balaban J connectivity index is 2.31. The lowest BCUT2D eigenvalue weighted by Crippen LogP contribution is -2.47. The number of hydrogen-bond donors (Lipinski definition) is 1. The second-order valence-corrected chi connectivity index (χ2v) is 6.91. The number of rotatable bonds is 4. The third kappa shape index (κ3) is 3.17. The van der Waals surface area contributed by atoms with Crippen LogP contribution in [0.15, 0.2) is 23.1 Å². The molecule has 0 unspecified atom stereocenters. The summed E-state index contributed by atoms with van der Waals surface area (Å²) in [5.74, 6) is -0.691. The second kappa shape index (κ2) is 6.17. The van der Waals surface area contributed by atoms with Crippen LogP contribution in [0, 0.1) is 5.82 Å². The largest absolute Gasteiger partial charge is 0.316 e. The summed E-state index contributed by atoms with van der Waals surface area (Å²) in [4.78, 5) is 1.83. The van der Waals surface area contributed by atoms with Gasteiger partial charge in [0.15, 0.2) is 0 Å². The van der Waals surface area contributed by atoms with E-state index in [2.05, 4.69) is 10.2 Å². The van der Waals surface area contributed by atoms with Crippen LogP contribution in [0.1, 0.15) is 5.56 Å². The second-order valence-electron chi connectivity index (χ2n) is 5.00. The van der Waals surface area contributed by atoms with Crippen molar-refractivity contribution in [2.45, 2.75) is 11.4 Å². The first kappa shape index (κ1) is 15.4. The highest BCUT2D eigenvalue weighted by atomic mass is 32.2. The predicted octanol–water partition coefficient (Wildman–Crippen LogP) is 0.481. The van der Waals surface area contributed by atoms with Gasteiger partial charge >= 0.3 is 0 Å². The van der Waals surface area contributed by atoms with Gasteiger partial charge in [-0.15, -0.1) is 0 Å². The summed E-state index contributed by atoms with van der Waals surface area (Å²) in [7, 11) is -0.0486. The molecule has 1 aromatic carbocycles. The van der Waals surface area contributed by atoms with Crippen LogP contribution in [0.25, 0.3) is 0 Å². The van der Waals surface area contributed by atoms with Crippen molar-refractivity contribution in [3.8, 4) is 0 Å². The Morgan fingerprint density at radius 3 is 2.50 bits per heavy atom. The van der Waals surface area contributed by atoms with Crippen molar-refractivity contribution in [2.75, 3.05) is 40.3 Å². The van der Waals surface area contributed by atoms with Crippen LogP contribution >= 0.6 is 0 Å². The van der Waals surface area contributed by atoms with E-state index in [9.17, 15) is 12.8 Å². The van der Waals surface area contributed by atoms with Crippen molar-refractivity contribution in [1.29, 1.82) is 0 Å². The molecule has 0 saturated carbocycles. The van der Waals surface area contributed by atoms with Gasteiger partial charge in [-0.2, -0.15) is 4.31 Å². The number of piperazine rings is 1. The fraction of sp³-hybridized carbons (Fsp3) is 0.538. The van der Waals surface area contributed by atoms with E-state index in [0.717, 1.165) is 5.56 Å².